The van der Waals surface area contributed by atoms with E-state index >= 15 is 0 Å². The van der Waals surface area contributed by atoms with Gasteiger partial charge in [-0.2, -0.15) is 0 Å². The van der Waals surface area contributed by atoms with Crippen LogP contribution in [0, 0.1) is 5.82 Å². The summed E-state index contributed by atoms with van der Waals surface area (Å²) >= 11 is 0. The Morgan fingerprint density at radius 3 is 2.73 bits per heavy atom. The van der Waals surface area contributed by atoms with Crippen molar-refractivity contribution in [3.8, 4) is 0 Å². The van der Waals surface area contributed by atoms with Gasteiger partial charge in [0.15, 0.2) is 0 Å². The average molecular weight is 304 g/mol. The smallest absolute Gasteiger partial charge is 0.243 e. The molecule has 1 N–H and O–H groups in total. The van der Waals surface area contributed by atoms with Crippen LogP contribution in [0.15, 0.2) is 24.3 Å². The molecule has 1 saturated carbocycles. The second-order valence-corrected chi connectivity index (χ2v) is 6.12. The lowest BCUT2D eigenvalue weighted by atomic mass is 10.1. The van der Waals surface area contributed by atoms with Crippen molar-refractivity contribution in [1.29, 1.82) is 0 Å². The third-order valence-electron chi connectivity index (χ3n) is 4.37. The van der Waals surface area contributed by atoms with Crippen LogP contribution < -0.4 is 5.32 Å². The first-order valence-corrected chi connectivity index (χ1v) is 7.98. The predicted octanol–water partition coefficient (Wildman–Crippen LogP) is 2.03. The summed E-state index contributed by atoms with van der Waals surface area (Å²) < 4.78 is 13.6. The second kappa shape index (κ2) is 6.46. The molecule has 1 saturated heterocycles. The summed E-state index contributed by atoms with van der Waals surface area (Å²) in [6, 6.07) is 6.48. The molecule has 4 nitrogen and oxygen atoms in total. The Labute approximate surface area is 129 Å². The fourth-order valence-corrected chi connectivity index (χ4v) is 2.95. The topological polar surface area (TPSA) is 49.4 Å². The van der Waals surface area contributed by atoms with Gasteiger partial charge < -0.3 is 10.2 Å². The fraction of sp³-hybridized carbons (Fsp3) is 0.529. The highest BCUT2D eigenvalue weighted by atomic mass is 19.1. The Kier molecular flexibility index (Phi) is 4.41. The molecule has 0 bridgehead atoms. The number of hydrogen-bond acceptors (Lipinski definition) is 2. The fourth-order valence-electron chi connectivity index (χ4n) is 2.95. The summed E-state index contributed by atoms with van der Waals surface area (Å²) in [5, 5.41) is 2.97. The van der Waals surface area contributed by atoms with Gasteiger partial charge in [0.05, 0.1) is 0 Å². The van der Waals surface area contributed by atoms with E-state index in [2.05, 4.69) is 5.32 Å². The van der Waals surface area contributed by atoms with Gasteiger partial charge in [-0.15, -0.1) is 0 Å². The molecule has 2 fully saturated rings. The molecule has 1 unspecified atom stereocenters. The maximum atomic E-state index is 13.6. The minimum absolute atomic E-state index is 0.0285. The number of rotatable bonds is 5. The predicted molar refractivity (Wildman–Crippen MR) is 80.6 cm³/mol. The molecule has 1 aliphatic heterocycles. The molecule has 1 atom stereocenters. The third kappa shape index (κ3) is 3.46. The highest BCUT2D eigenvalue weighted by Gasteiger charge is 2.36. The van der Waals surface area contributed by atoms with Crippen molar-refractivity contribution in [2.75, 3.05) is 6.54 Å². The first-order valence-electron chi connectivity index (χ1n) is 7.98. The molecule has 1 aromatic rings. The van der Waals surface area contributed by atoms with Gasteiger partial charge in [-0.3, -0.25) is 9.59 Å². The van der Waals surface area contributed by atoms with E-state index < -0.39 is 0 Å². The number of nitrogens with zero attached hydrogens (tertiary/aromatic N) is 1. The maximum absolute atomic E-state index is 13.6. The molecule has 1 aliphatic carbocycles. The average Bonchev–Trinajstić information content (AvgIpc) is 3.18. The van der Waals surface area contributed by atoms with E-state index in [-0.39, 0.29) is 30.1 Å². The molecule has 118 valence electrons. The van der Waals surface area contributed by atoms with Crippen molar-refractivity contribution in [3.63, 3.8) is 0 Å². The van der Waals surface area contributed by atoms with Crippen LogP contribution in [-0.4, -0.2) is 35.3 Å². The van der Waals surface area contributed by atoms with E-state index in [0.29, 0.717) is 24.6 Å². The molecular weight excluding hydrogens is 283 g/mol. The van der Waals surface area contributed by atoms with Gasteiger partial charge in [0, 0.05) is 19.0 Å². The highest BCUT2D eigenvalue weighted by molar-refractivity contribution is 5.88. The van der Waals surface area contributed by atoms with Crippen LogP contribution in [0.1, 0.15) is 37.7 Å². The molecule has 1 aromatic carbocycles. The monoisotopic (exact) mass is 304 g/mol. The first-order chi connectivity index (χ1) is 10.6. The van der Waals surface area contributed by atoms with Crippen LogP contribution in [0.25, 0.3) is 0 Å². The standard InChI is InChI=1S/C17H21FN2O2/c18-14-5-2-1-4-12(14)7-10-16(21)20-11-3-6-15(20)17(22)19-13-8-9-13/h1-2,4-5,13,15H,3,6-11H2,(H,19,22). The zero-order valence-corrected chi connectivity index (χ0v) is 12.6. The molecule has 5 heteroatoms. The Morgan fingerprint density at radius 1 is 1.23 bits per heavy atom. The Morgan fingerprint density at radius 2 is 2.00 bits per heavy atom. The highest BCUT2D eigenvalue weighted by Crippen LogP contribution is 2.23. The molecule has 0 radical (unpaired) electrons. The van der Waals surface area contributed by atoms with Crippen LogP contribution in [-0.2, 0) is 16.0 Å². The number of hydrogen-bond donors (Lipinski definition) is 1. The quantitative estimate of drug-likeness (QED) is 0.905. The molecule has 2 amide bonds. The van der Waals surface area contributed by atoms with Crippen LogP contribution in [0.5, 0.6) is 0 Å². The lowest BCUT2D eigenvalue weighted by Crippen LogP contribution is -2.46. The lowest BCUT2D eigenvalue weighted by molar-refractivity contribution is -0.138. The molecule has 1 heterocycles. The van der Waals surface area contributed by atoms with E-state index in [9.17, 15) is 14.0 Å². The minimum atomic E-state index is -0.339. The van der Waals surface area contributed by atoms with E-state index in [1.165, 1.54) is 6.07 Å². The summed E-state index contributed by atoms with van der Waals surface area (Å²) in [5.74, 6) is -0.365. The number of carbonyl (C=O) groups is 2. The van der Waals surface area contributed by atoms with Crippen molar-refractivity contribution < 1.29 is 14.0 Å². The second-order valence-electron chi connectivity index (χ2n) is 6.12. The van der Waals surface area contributed by atoms with Crippen molar-refractivity contribution in [2.24, 2.45) is 0 Å². The van der Waals surface area contributed by atoms with Gasteiger partial charge in [0.25, 0.3) is 0 Å². The van der Waals surface area contributed by atoms with Gasteiger partial charge in [0.2, 0.25) is 11.8 Å². The molecule has 22 heavy (non-hydrogen) atoms. The number of benzene rings is 1. The zero-order chi connectivity index (χ0) is 15.5. The van der Waals surface area contributed by atoms with Crippen molar-refractivity contribution >= 4 is 11.8 Å². The summed E-state index contributed by atoms with van der Waals surface area (Å²) in [5.41, 5.74) is 0.550. The minimum Gasteiger partial charge on any atom is -0.352 e. The van der Waals surface area contributed by atoms with E-state index in [1.807, 2.05) is 0 Å². The Bertz CT molecular complexity index is 572. The first kappa shape index (κ1) is 15.0. The van der Waals surface area contributed by atoms with Crippen LogP contribution in [0.2, 0.25) is 0 Å². The van der Waals surface area contributed by atoms with Crippen molar-refractivity contribution in [2.45, 2.75) is 50.6 Å². The zero-order valence-electron chi connectivity index (χ0n) is 12.6. The van der Waals surface area contributed by atoms with E-state index in [1.54, 1.807) is 23.1 Å². The van der Waals surface area contributed by atoms with Gasteiger partial charge in [-0.25, -0.2) is 4.39 Å². The number of nitrogens with one attached hydrogen (secondary N) is 1. The largest absolute Gasteiger partial charge is 0.352 e. The van der Waals surface area contributed by atoms with Gasteiger partial charge in [-0.1, -0.05) is 18.2 Å². The summed E-state index contributed by atoms with van der Waals surface area (Å²) in [6.45, 7) is 0.624. The summed E-state index contributed by atoms with van der Waals surface area (Å²) in [6.07, 6.45) is 4.28. The molecule has 0 spiro atoms. The van der Waals surface area contributed by atoms with Crippen LogP contribution in [0.3, 0.4) is 0 Å². The lowest BCUT2D eigenvalue weighted by Gasteiger charge is -2.24. The van der Waals surface area contributed by atoms with Gasteiger partial charge in [0.1, 0.15) is 11.9 Å². The summed E-state index contributed by atoms with van der Waals surface area (Å²) in [7, 11) is 0. The Balaban J connectivity index is 1.56. The van der Waals surface area contributed by atoms with Gasteiger partial charge >= 0.3 is 0 Å². The van der Waals surface area contributed by atoms with Crippen molar-refractivity contribution in [1.82, 2.24) is 10.2 Å². The Hall–Kier alpha value is -1.91. The summed E-state index contributed by atoms with van der Waals surface area (Å²) in [4.78, 5) is 26.2. The molecule has 2 aliphatic rings. The number of amides is 2. The van der Waals surface area contributed by atoms with E-state index in [4.69, 9.17) is 0 Å². The molecular formula is C17H21FN2O2. The van der Waals surface area contributed by atoms with Gasteiger partial charge in [-0.05, 0) is 43.7 Å². The van der Waals surface area contributed by atoms with Crippen LogP contribution in [0.4, 0.5) is 4.39 Å². The number of likely N-dealkylation sites (tertiary alicyclic amines) is 1. The maximum Gasteiger partial charge on any atom is 0.243 e. The normalized spacial score (nSPS) is 21.0. The molecule has 3 rings (SSSR count). The van der Waals surface area contributed by atoms with Crippen molar-refractivity contribution in [3.05, 3.63) is 35.6 Å². The van der Waals surface area contributed by atoms with E-state index in [0.717, 1.165) is 25.7 Å². The third-order valence-corrected chi connectivity index (χ3v) is 4.37. The van der Waals surface area contributed by atoms with Crippen LogP contribution >= 0.6 is 0 Å². The SMILES string of the molecule is O=C(NC1CC1)C1CCCN1C(=O)CCc1ccccc1F. The number of carbonyl (C=O) groups excluding carboxylic acids is 2. The molecule has 0 aromatic heterocycles. The number of aryl methyl sites for hydroxylation is 1. The number of halogens is 1.